The number of Topliss-reactive ketones (excluding diaryl/α,β-unsaturated/α-hetero) is 1. The maximum Gasteiger partial charge on any atom is 0.185 e. The first-order valence-corrected chi connectivity index (χ1v) is 8.67. The Morgan fingerprint density at radius 3 is 2.91 bits per heavy atom. The molecule has 2 aliphatic carbocycles. The molecule has 0 N–H and O–H groups in total. The number of imidazole rings is 1. The van der Waals surface area contributed by atoms with E-state index in [4.69, 9.17) is 4.52 Å². The van der Waals surface area contributed by atoms with E-state index in [1.54, 1.807) is 0 Å². The normalized spacial score (nSPS) is 24.7. The van der Waals surface area contributed by atoms with Crippen LogP contribution < -0.4 is 0 Å². The van der Waals surface area contributed by atoms with Crippen LogP contribution in [0.25, 0.3) is 0 Å². The molecule has 0 unspecified atom stereocenters. The van der Waals surface area contributed by atoms with Gasteiger partial charge >= 0.3 is 0 Å². The van der Waals surface area contributed by atoms with Gasteiger partial charge in [0.05, 0.1) is 0 Å². The van der Waals surface area contributed by atoms with Gasteiger partial charge in [0.25, 0.3) is 0 Å². The van der Waals surface area contributed by atoms with Gasteiger partial charge in [-0.05, 0) is 38.0 Å². The van der Waals surface area contributed by atoms with E-state index >= 15 is 0 Å². The fourth-order valence-electron chi connectivity index (χ4n) is 3.83. The lowest BCUT2D eigenvalue weighted by molar-refractivity contribution is 0.0937. The van der Waals surface area contributed by atoms with E-state index in [1.165, 1.54) is 12.8 Å². The molecule has 5 heteroatoms. The third-order valence-electron chi connectivity index (χ3n) is 5.27. The van der Waals surface area contributed by atoms with E-state index in [0.29, 0.717) is 29.9 Å². The molecule has 0 spiro atoms. The molecule has 2 aliphatic rings. The van der Waals surface area contributed by atoms with Gasteiger partial charge in [-0.3, -0.25) is 4.79 Å². The maximum absolute atomic E-state index is 12.5. The van der Waals surface area contributed by atoms with Crippen LogP contribution in [0.3, 0.4) is 0 Å². The predicted molar refractivity (Wildman–Crippen MR) is 85.3 cm³/mol. The number of carbonyl (C=O) groups excluding carboxylic acids is 1. The SMILES string of the molecule is Cn1ccnc1[C@H]1CCC[C@H](CC(=O)c2cc(C3CC3)on2)C1. The molecule has 2 aromatic heterocycles. The second-order valence-electron chi connectivity index (χ2n) is 7.14. The molecule has 2 atom stereocenters. The van der Waals surface area contributed by atoms with Gasteiger partial charge in [-0.1, -0.05) is 11.6 Å². The summed E-state index contributed by atoms with van der Waals surface area (Å²) < 4.78 is 7.42. The lowest BCUT2D eigenvalue weighted by Gasteiger charge is -2.28. The standard InChI is InChI=1S/C18H23N3O2/c1-21-8-7-19-18(21)14-4-2-3-12(9-14)10-16(22)15-11-17(23-20-15)13-5-6-13/h7-8,11-14H,2-6,9-10H2,1H3/t12-,14-/m0/s1. The molecular formula is C18H23N3O2. The van der Waals surface area contributed by atoms with Crippen molar-refractivity contribution in [1.29, 1.82) is 0 Å². The van der Waals surface area contributed by atoms with Crippen LogP contribution in [0.4, 0.5) is 0 Å². The van der Waals surface area contributed by atoms with Crippen LogP contribution >= 0.6 is 0 Å². The zero-order chi connectivity index (χ0) is 15.8. The van der Waals surface area contributed by atoms with E-state index < -0.39 is 0 Å². The van der Waals surface area contributed by atoms with Crippen LogP contribution in [0.2, 0.25) is 0 Å². The van der Waals surface area contributed by atoms with Crippen molar-refractivity contribution in [3.8, 4) is 0 Å². The first-order valence-electron chi connectivity index (χ1n) is 8.67. The van der Waals surface area contributed by atoms with Gasteiger partial charge in [-0.25, -0.2) is 4.98 Å². The van der Waals surface area contributed by atoms with Gasteiger partial charge in [0, 0.05) is 43.8 Å². The lowest BCUT2D eigenvalue weighted by Crippen LogP contribution is -2.19. The van der Waals surface area contributed by atoms with E-state index in [1.807, 2.05) is 25.5 Å². The summed E-state index contributed by atoms with van der Waals surface area (Å²) in [6, 6.07) is 1.86. The highest BCUT2D eigenvalue weighted by Gasteiger charge is 2.31. The molecule has 2 aromatic rings. The Labute approximate surface area is 136 Å². The minimum atomic E-state index is 0.131. The van der Waals surface area contributed by atoms with Crippen molar-refractivity contribution in [2.75, 3.05) is 0 Å². The summed E-state index contributed by atoms with van der Waals surface area (Å²) in [5, 5.41) is 3.98. The number of ketones is 1. The number of carbonyl (C=O) groups is 1. The summed E-state index contributed by atoms with van der Waals surface area (Å²) in [6.07, 6.45) is 11.3. The van der Waals surface area contributed by atoms with Crippen molar-refractivity contribution in [1.82, 2.24) is 14.7 Å². The average molecular weight is 313 g/mol. The fourth-order valence-corrected chi connectivity index (χ4v) is 3.83. The Morgan fingerprint density at radius 1 is 1.30 bits per heavy atom. The first kappa shape index (κ1) is 14.7. The molecule has 122 valence electrons. The fraction of sp³-hybridized carbons (Fsp3) is 0.611. The quantitative estimate of drug-likeness (QED) is 0.787. The minimum absolute atomic E-state index is 0.131. The summed E-state index contributed by atoms with van der Waals surface area (Å²) in [5.74, 6) is 3.58. The molecule has 2 fully saturated rings. The molecule has 0 bridgehead atoms. The Balaban J connectivity index is 1.39. The van der Waals surface area contributed by atoms with E-state index in [2.05, 4.69) is 14.7 Å². The van der Waals surface area contributed by atoms with E-state index in [-0.39, 0.29) is 5.78 Å². The second kappa shape index (κ2) is 5.95. The zero-order valence-corrected chi connectivity index (χ0v) is 13.6. The van der Waals surface area contributed by atoms with Crippen molar-refractivity contribution in [3.63, 3.8) is 0 Å². The number of hydrogen-bond acceptors (Lipinski definition) is 4. The Kier molecular flexibility index (Phi) is 3.79. The topological polar surface area (TPSA) is 60.9 Å². The Hall–Kier alpha value is -1.91. The van der Waals surface area contributed by atoms with Gasteiger partial charge < -0.3 is 9.09 Å². The van der Waals surface area contributed by atoms with Crippen LogP contribution in [0.15, 0.2) is 23.0 Å². The van der Waals surface area contributed by atoms with Crippen LogP contribution in [0.5, 0.6) is 0 Å². The lowest BCUT2D eigenvalue weighted by atomic mass is 9.78. The number of aromatic nitrogens is 3. The van der Waals surface area contributed by atoms with Crippen molar-refractivity contribution in [2.45, 2.75) is 56.8 Å². The smallest absolute Gasteiger partial charge is 0.185 e. The largest absolute Gasteiger partial charge is 0.360 e. The summed E-state index contributed by atoms with van der Waals surface area (Å²) in [4.78, 5) is 17.0. The van der Waals surface area contributed by atoms with Crippen molar-refractivity contribution >= 4 is 5.78 Å². The van der Waals surface area contributed by atoms with E-state index in [0.717, 1.165) is 37.3 Å². The van der Waals surface area contributed by atoms with Gasteiger partial charge in [0.1, 0.15) is 17.3 Å². The summed E-state index contributed by atoms with van der Waals surface area (Å²) in [5.41, 5.74) is 0.519. The summed E-state index contributed by atoms with van der Waals surface area (Å²) in [7, 11) is 2.05. The number of nitrogens with zero attached hydrogens (tertiary/aromatic N) is 3. The molecule has 5 nitrogen and oxygen atoms in total. The van der Waals surface area contributed by atoms with Gasteiger partial charge in [-0.2, -0.15) is 0 Å². The molecule has 23 heavy (non-hydrogen) atoms. The molecule has 0 radical (unpaired) electrons. The number of aryl methyl sites for hydroxylation is 1. The molecule has 4 rings (SSSR count). The highest BCUT2D eigenvalue weighted by molar-refractivity contribution is 5.94. The van der Waals surface area contributed by atoms with Crippen LogP contribution in [0, 0.1) is 5.92 Å². The maximum atomic E-state index is 12.5. The highest BCUT2D eigenvalue weighted by Crippen LogP contribution is 2.41. The Morgan fingerprint density at radius 2 is 2.17 bits per heavy atom. The van der Waals surface area contributed by atoms with Crippen LogP contribution in [0.1, 0.15) is 78.9 Å². The molecule has 2 saturated carbocycles. The molecule has 0 aliphatic heterocycles. The highest BCUT2D eigenvalue weighted by atomic mass is 16.5. The molecular weight excluding hydrogens is 290 g/mol. The molecule has 0 saturated heterocycles. The zero-order valence-electron chi connectivity index (χ0n) is 13.6. The summed E-state index contributed by atoms with van der Waals surface area (Å²) >= 11 is 0. The van der Waals surface area contributed by atoms with Crippen molar-refractivity contribution in [2.24, 2.45) is 13.0 Å². The van der Waals surface area contributed by atoms with Gasteiger partial charge in [0.15, 0.2) is 5.78 Å². The minimum Gasteiger partial charge on any atom is -0.360 e. The predicted octanol–water partition coefficient (Wildman–Crippen LogP) is 3.83. The molecule has 0 aromatic carbocycles. The first-order chi connectivity index (χ1) is 11.2. The summed E-state index contributed by atoms with van der Waals surface area (Å²) in [6.45, 7) is 0. The molecule has 0 amide bonds. The third-order valence-corrected chi connectivity index (χ3v) is 5.27. The van der Waals surface area contributed by atoms with Crippen LogP contribution in [-0.2, 0) is 7.05 Å². The van der Waals surface area contributed by atoms with E-state index in [9.17, 15) is 4.79 Å². The van der Waals surface area contributed by atoms with Crippen molar-refractivity contribution in [3.05, 3.63) is 35.7 Å². The number of rotatable bonds is 5. The van der Waals surface area contributed by atoms with Gasteiger partial charge in [0.2, 0.25) is 0 Å². The number of hydrogen-bond donors (Lipinski definition) is 0. The van der Waals surface area contributed by atoms with Crippen LogP contribution in [-0.4, -0.2) is 20.5 Å². The van der Waals surface area contributed by atoms with Gasteiger partial charge in [-0.15, -0.1) is 0 Å². The second-order valence-corrected chi connectivity index (χ2v) is 7.14. The average Bonchev–Trinajstić information content (AvgIpc) is 3.11. The van der Waals surface area contributed by atoms with Crippen molar-refractivity contribution < 1.29 is 9.32 Å². The molecule has 2 heterocycles. The Bertz CT molecular complexity index is 699. The third kappa shape index (κ3) is 3.09. The monoisotopic (exact) mass is 313 g/mol.